The highest BCUT2D eigenvalue weighted by Gasteiger charge is 2.31. The minimum absolute atomic E-state index is 0.0841. The van der Waals surface area contributed by atoms with Crippen LogP contribution in [0.1, 0.15) is 47.1 Å². The average molecular weight is 455 g/mol. The van der Waals surface area contributed by atoms with Crippen LogP contribution in [0.2, 0.25) is 0 Å². The van der Waals surface area contributed by atoms with Crippen LogP contribution in [0.5, 0.6) is 0 Å². The molecule has 1 unspecified atom stereocenters. The summed E-state index contributed by atoms with van der Waals surface area (Å²) in [7, 11) is 0. The first-order valence-electron chi connectivity index (χ1n) is 11.5. The third kappa shape index (κ3) is 4.52. The van der Waals surface area contributed by atoms with Gasteiger partial charge in [-0.05, 0) is 55.7 Å². The second-order valence-electron chi connectivity index (χ2n) is 8.54. The molecule has 8 nitrogen and oxygen atoms in total. The number of likely N-dealkylation sites (tertiary alicyclic amines) is 1. The van der Waals surface area contributed by atoms with Crippen molar-refractivity contribution in [2.75, 3.05) is 11.9 Å². The van der Waals surface area contributed by atoms with Gasteiger partial charge in [-0.1, -0.05) is 24.3 Å². The number of hydrogen-bond donors (Lipinski definition) is 1. The molecule has 1 aliphatic heterocycles. The Labute approximate surface area is 197 Å². The summed E-state index contributed by atoms with van der Waals surface area (Å²) in [6.45, 7) is 3.21. The molecule has 0 saturated carbocycles. The summed E-state index contributed by atoms with van der Waals surface area (Å²) < 4.78 is 2.01. The number of pyridine rings is 2. The first kappa shape index (κ1) is 21.8. The number of fused-ring (bicyclic) bond motifs is 1. The number of hydrogen-bond acceptors (Lipinski definition) is 5. The first-order valence-corrected chi connectivity index (χ1v) is 11.5. The van der Waals surface area contributed by atoms with Gasteiger partial charge in [0.05, 0.1) is 29.1 Å². The Hall–Kier alpha value is -4.07. The van der Waals surface area contributed by atoms with E-state index in [1.54, 1.807) is 24.7 Å². The molecule has 1 fully saturated rings. The third-order valence-corrected chi connectivity index (χ3v) is 6.16. The van der Waals surface area contributed by atoms with Crippen molar-refractivity contribution in [1.82, 2.24) is 24.4 Å². The van der Waals surface area contributed by atoms with Crippen molar-refractivity contribution in [3.63, 3.8) is 0 Å². The van der Waals surface area contributed by atoms with E-state index in [2.05, 4.69) is 20.3 Å². The van der Waals surface area contributed by atoms with Crippen LogP contribution in [0.15, 0.2) is 67.1 Å². The molecule has 2 amide bonds. The summed E-state index contributed by atoms with van der Waals surface area (Å²) in [5.74, 6) is 0.245. The minimum atomic E-state index is -0.318. The lowest BCUT2D eigenvalue weighted by Crippen LogP contribution is -2.31. The molecule has 34 heavy (non-hydrogen) atoms. The quantitative estimate of drug-likeness (QED) is 0.473. The Balaban J connectivity index is 1.27. The number of benzene rings is 1. The third-order valence-electron chi connectivity index (χ3n) is 6.16. The zero-order chi connectivity index (χ0) is 23.5. The summed E-state index contributed by atoms with van der Waals surface area (Å²) in [6, 6.07) is 16.8. The maximum atomic E-state index is 13.1. The number of carbonyl (C=O) groups excluding carboxylic acids is 2. The van der Waals surface area contributed by atoms with E-state index in [1.807, 2.05) is 58.9 Å². The molecule has 3 aromatic heterocycles. The molecular weight excluding hydrogens is 428 g/mol. The number of imidazole rings is 1. The molecule has 8 heteroatoms. The fourth-order valence-corrected chi connectivity index (χ4v) is 4.41. The minimum Gasteiger partial charge on any atom is -0.334 e. The second kappa shape index (κ2) is 9.43. The summed E-state index contributed by atoms with van der Waals surface area (Å²) in [6.07, 6.45) is 5.61. The number of nitrogens with one attached hydrogen (secondary N) is 1. The summed E-state index contributed by atoms with van der Waals surface area (Å²) in [4.78, 5) is 41.0. The van der Waals surface area contributed by atoms with E-state index in [9.17, 15) is 9.59 Å². The van der Waals surface area contributed by atoms with Crippen molar-refractivity contribution in [2.45, 2.75) is 38.8 Å². The van der Waals surface area contributed by atoms with Crippen LogP contribution >= 0.6 is 0 Å². The van der Waals surface area contributed by atoms with Crippen LogP contribution in [0.4, 0.5) is 5.82 Å². The number of nitrogens with zero attached hydrogens (tertiary/aromatic N) is 5. The van der Waals surface area contributed by atoms with E-state index >= 15 is 0 Å². The zero-order valence-electron chi connectivity index (χ0n) is 19.0. The molecule has 0 spiro atoms. The van der Waals surface area contributed by atoms with Crippen LogP contribution in [-0.2, 0) is 11.3 Å². The largest absolute Gasteiger partial charge is 0.334 e. The molecule has 1 aromatic carbocycles. The van der Waals surface area contributed by atoms with Crippen molar-refractivity contribution in [2.24, 2.45) is 0 Å². The van der Waals surface area contributed by atoms with E-state index in [0.717, 1.165) is 35.1 Å². The van der Waals surface area contributed by atoms with E-state index < -0.39 is 0 Å². The summed E-state index contributed by atoms with van der Waals surface area (Å²) in [5.41, 5.74) is 4.02. The molecule has 1 saturated heterocycles. The molecule has 1 atom stereocenters. The van der Waals surface area contributed by atoms with E-state index in [1.165, 1.54) is 0 Å². The van der Waals surface area contributed by atoms with Crippen LogP contribution < -0.4 is 5.32 Å². The van der Waals surface area contributed by atoms with Gasteiger partial charge in [-0.25, -0.2) is 15.0 Å². The Morgan fingerprint density at radius 2 is 1.94 bits per heavy atom. The highest BCUT2D eigenvalue weighted by molar-refractivity contribution is 6.02. The van der Waals surface area contributed by atoms with Crippen molar-refractivity contribution in [3.8, 4) is 0 Å². The number of rotatable bonds is 6. The normalized spacial score (nSPS) is 15.6. The summed E-state index contributed by atoms with van der Waals surface area (Å²) in [5, 5.41) is 2.79. The average Bonchev–Trinajstić information content (AvgIpc) is 3.52. The molecule has 4 aromatic rings. The molecule has 5 rings (SSSR count). The van der Waals surface area contributed by atoms with Gasteiger partial charge in [-0.3, -0.25) is 9.59 Å². The molecule has 0 bridgehead atoms. The van der Waals surface area contributed by atoms with Gasteiger partial charge in [0, 0.05) is 25.7 Å². The highest BCUT2D eigenvalue weighted by Crippen LogP contribution is 2.31. The van der Waals surface area contributed by atoms with E-state index in [0.29, 0.717) is 31.0 Å². The SMILES string of the molecule is Cc1ccc(NC(=O)c2cccc(C3CCCN3C(=O)CCn3cnc4ccccc43)n2)nc1. The first-order chi connectivity index (χ1) is 16.6. The van der Waals surface area contributed by atoms with E-state index in [4.69, 9.17) is 0 Å². The molecular formula is C26H26N6O2. The molecule has 0 aliphatic carbocycles. The van der Waals surface area contributed by atoms with Crippen molar-refractivity contribution in [1.29, 1.82) is 0 Å². The Morgan fingerprint density at radius 3 is 2.79 bits per heavy atom. The number of aromatic nitrogens is 4. The van der Waals surface area contributed by atoms with Crippen LogP contribution in [0, 0.1) is 6.92 Å². The number of carbonyl (C=O) groups is 2. The van der Waals surface area contributed by atoms with Crippen LogP contribution in [-0.4, -0.2) is 42.8 Å². The fraction of sp³-hybridized carbons (Fsp3) is 0.269. The number of para-hydroxylation sites is 2. The molecule has 4 heterocycles. The van der Waals surface area contributed by atoms with Gasteiger partial charge < -0.3 is 14.8 Å². The zero-order valence-corrected chi connectivity index (χ0v) is 19.0. The van der Waals surface area contributed by atoms with Gasteiger partial charge >= 0.3 is 0 Å². The van der Waals surface area contributed by atoms with Crippen LogP contribution in [0.25, 0.3) is 11.0 Å². The topological polar surface area (TPSA) is 93.0 Å². The molecule has 1 N–H and O–H groups in total. The van der Waals surface area contributed by atoms with Gasteiger partial charge in [0.25, 0.3) is 5.91 Å². The molecule has 0 radical (unpaired) electrons. The van der Waals surface area contributed by atoms with Gasteiger partial charge in [-0.2, -0.15) is 0 Å². The van der Waals surface area contributed by atoms with Gasteiger partial charge in [0.15, 0.2) is 0 Å². The van der Waals surface area contributed by atoms with Gasteiger partial charge in [0.1, 0.15) is 11.5 Å². The fourth-order valence-electron chi connectivity index (χ4n) is 4.41. The smallest absolute Gasteiger partial charge is 0.275 e. The Kier molecular flexibility index (Phi) is 6.03. The van der Waals surface area contributed by atoms with Gasteiger partial charge in [-0.15, -0.1) is 0 Å². The molecule has 172 valence electrons. The maximum absolute atomic E-state index is 13.1. The monoisotopic (exact) mass is 454 g/mol. The number of anilines is 1. The van der Waals surface area contributed by atoms with Crippen molar-refractivity contribution < 1.29 is 9.59 Å². The Morgan fingerprint density at radius 1 is 1.06 bits per heavy atom. The van der Waals surface area contributed by atoms with E-state index in [-0.39, 0.29) is 17.9 Å². The number of aryl methyl sites for hydroxylation is 2. The lowest BCUT2D eigenvalue weighted by Gasteiger charge is -2.25. The van der Waals surface area contributed by atoms with Crippen molar-refractivity contribution in [3.05, 3.63) is 84.1 Å². The predicted octanol–water partition coefficient (Wildman–Crippen LogP) is 4.14. The molecule has 1 aliphatic rings. The maximum Gasteiger partial charge on any atom is 0.275 e. The van der Waals surface area contributed by atoms with Crippen LogP contribution in [0.3, 0.4) is 0 Å². The second-order valence-corrected chi connectivity index (χ2v) is 8.54. The highest BCUT2D eigenvalue weighted by atomic mass is 16.2. The summed E-state index contributed by atoms with van der Waals surface area (Å²) >= 11 is 0. The number of amides is 2. The van der Waals surface area contributed by atoms with Crippen molar-refractivity contribution >= 4 is 28.7 Å². The predicted molar refractivity (Wildman–Crippen MR) is 129 cm³/mol. The lowest BCUT2D eigenvalue weighted by atomic mass is 10.1. The standard InChI is InChI=1S/C26H26N6O2/c1-18-11-12-24(27-16-18)30-26(34)21-8-4-7-20(29-21)23-10-5-14-32(23)25(33)13-15-31-17-28-19-6-2-3-9-22(19)31/h2-4,6-9,11-12,16-17,23H,5,10,13-15H2,1H3,(H,27,30,34). The Bertz CT molecular complexity index is 1330. The van der Waals surface area contributed by atoms with Gasteiger partial charge in [0.2, 0.25) is 5.91 Å². The lowest BCUT2D eigenvalue weighted by molar-refractivity contribution is -0.132.